The van der Waals surface area contributed by atoms with Crippen LogP contribution < -0.4 is 5.73 Å². The smallest absolute Gasteiger partial charge is 0.350 e. The largest absolute Gasteiger partial charge is 0.465 e. The number of nitrogens with two attached hydrogens (primary N) is 1. The summed E-state index contributed by atoms with van der Waals surface area (Å²) in [5, 5.41) is 0.670. The maximum Gasteiger partial charge on any atom is 0.350 e. The first-order valence-electron chi connectivity index (χ1n) is 6.04. The molecule has 0 spiro atoms. The molecule has 6 heteroatoms. The summed E-state index contributed by atoms with van der Waals surface area (Å²) in [6, 6.07) is 9.25. The van der Waals surface area contributed by atoms with Crippen LogP contribution in [-0.4, -0.2) is 25.2 Å². The Morgan fingerprint density at radius 3 is 2.65 bits per heavy atom. The van der Waals surface area contributed by atoms with Gasteiger partial charge in [0.05, 0.1) is 25.5 Å². The molecule has 2 rings (SSSR count). The fourth-order valence-corrected chi connectivity index (χ4v) is 2.81. The number of carbonyl (C=O) groups is 1. The first-order valence-corrected chi connectivity index (χ1v) is 6.86. The van der Waals surface area contributed by atoms with Gasteiger partial charge in [0.25, 0.3) is 0 Å². The highest BCUT2D eigenvalue weighted by Gasteiger charge is 2.22. The van der Waals surface area contributed by atoms with Crippen molar-refractivity contribution in [2.45, 2.75) is 12.6 Å². The molecule has 0 aliphatic heterocycles. The van der Waals surface area contributed by atoms with Gasteiger partial charge in [-0.05, 0) is 5.56 Å². The van der Waals surface area contributed by atoms with E-state index in [0.29, 0.717) is 15.6 Å². The minimum absolute atomic E-state index is 0.252. The van der Waals surface area contributed by atoms with Crippen LogP contribution >= 0.6 is 11.3 Å². The lowest BCUT2D eigenvalue weighted by Gasteiger charge is -2.07. The Morgan fingerprint density at radius 1 is 1.35 bits per heavy atom. The maximum absolute atomic E-state index is 11.7. The minimum Gasteiger partial charge on any atom is -0.465 e. The topological polar surface area (TPSA) is 74.4 Å². The molecule has 106 valence electrons. The van der Waals surface area contributed by atoms with Crippen LogP contribution in [0.1, 0.15) is 32.0 Å². The molecular weight excluding hydrogens is 276 g/mol. The van der Waals surface area contributed by atoms with Crippen LogP contribution in [0, 0.1) is 0 Å². The first kappa shape index (κ1) is 14.6. The second-order valence-electron chi connectivity index (χ2n) is 4.14. The van der Waals surface area contributed by atoms with Gasteiger partial charge in [0.2, 0.25) is 0 Å². The number of aromatic nitrogens is 1. The van der Waals surface area contributed by atoms with Gasteiger partial charge in [0.1, 0.15) is 9.88 Å². The summed E-state index contributed by atoms with van der Waals surface area (Å²) in [7, 11) is 2.90. The number of nitrogens with zero attached hydrogens (tertiary/aromatic N) is 1. The average Bonchev–Trinajstić information content (AvgIpc) is 2.91. The van der Waals surface area contributed by atoms with Gasteiger partial charge in [-0.25, -0.2) is 9.78 Å². The van der Waals surface area contributed by atoms with Gasteiger partial charge in [-0.15, -0.1) is 11.3 Å². The van der Waals surface area contributed by atoms with Crippen LogP contribution in [0.15, 0.2) is 30.3 Å². The third kappa shape index (κ3) is 3.04. The molecule has 2 N–H and O–H groups in total. The van der Waals surface area contributed by atoms with E-state index < -0.39 is 5.97 Å². The summed E-state index contributed by atoms with van der Waals surface area (Å²) in [4.78, 5) is 16.6. The molecule has 2 aromatic rings. The Balaban J connectivity index is 2.35. The Bertz CT molecular complexity index is 583. The molecule has 0 saturated heterocycles. The molecule has 0 fully saturated rings. The lowest BCUT2D eigenvalue weighted by molar-refractivity contribution is 0.0601. The Labute approximate surface area is 121 Å². The van der Waals surface area contributed by atoms with Crippen LogP contribution in [0.5, 0.6) is 0 Å². The molecule has 0 saturated carbocycles. The number of carbonyl (C=O) groups excluding carboxylic acids is 1. The van der Waals surface area contributed by atoms with Crippen LogP contribution in [0.4, 0.5) is 0 Å². The van der Waals surface area contributed by atoms with E-state index in [1.807, 2.05) is 30.3 Å². The summed E-state index contributed by atoms with van der Waals surface area (Å²) in [6.45, 7) is 0.252. The van der Waals surface area contributed by atoms with Crippen LogP contribution in [0.3, 0.4) is 0 Å². The Hall–Kier alpha value is -1.76. The highest BCUT2D eigenvalue weighted by molar-refractivity contribution is 7.13. The quantitative estimate of drug-likeness (QED) is 0.854. The van der Waals surface area contributed by atoms with Gasteiger partial charge in [0, 0.05) is 7.11 Å². The molecule has 5 nitrogen and oxygen atoms in total. The number of rotatable bonds is 5. The minimum atomic E-state index is -0.416. The molecule has 0 aliphatic rings. The first-order chi connectivity index (χ1) is 9.67. The van der Waals surface area contributed by atoms with Crippen LogP contribution in [-0.2, 0) is 16.1 Å². The number of hydrogen-bond donors (Lipinski definition) is 1. The van der Waals surface area contributed by atoms with Gasteiger partial charge >= 0.3 is 5.97 Å². The van der Waals surface area contributed by atoms with Crippen molar-refractivity contribution in [2.75, 3.05) is 14.2 Å². The molecule has 0 radical (unpaired) electrons. The Morgan fingerprint density at radius 2 is 2.05 bits per heavy atom. The number of esters is 1. The third-order valence-electron chi connectivity index (χ3n) is 2.79. The van der Waals surface area contributed by atoms with E-state index >= 15 is 0 Å². The van der Waals surface area contributed by atoms with Crippen molar-refractivity contribution >= 4 is 17.3 Å². The van der Waals surface area contributed by atoms with E-state index in [1.54, 1.807) is 7.11 Å². The monoisotopic (exact) mass is 292 g/mol. The fourth-order valence-electron chi connectivity index (χ4n) is 1.79. The number of methoxy groups -OCH3 is 2. The van der Waals surface area contributed by atoms with Crippen molar-refractivity contribution in [3.63, 3.8) is 0 Å². The van der Waals surface area contributed by atoms with Gasteiger partial charge in [0.15, 0.2) is 0 Å². The summed E-state index contributed by atoms with van der Waals surface area (Å²) in [5.74, 6) is -0.416. The van der Waals surface area contributed by atoms with Crippen LogP contribution in [0.25, 0.3) is 0 Å². The van der Waals surface area contributed by atoms with E-state index in [-0.39, 0.29) is 12.6 Å². The van der Waals surface area contributed by atoms with Crippen LogP contribution in [0.2, 0.25) is 0 Å². The predicted molar refractivity (Wildman–Crippen MR) is 76.6 cm³/mol. The average molecular weight is 292 g/mol. The highest BCUT2D eigenvalue weighted by Crippen LogP contribution is 2.27. The predicted octanol–water partition coefficient (Wildman–Crippen LogP) is 2.12. The van der Waals surface area contributed by atoms with Gasteiger partial charge in [-0.2, -0.15) is 0 Å². The molecule has 0 bridgehead atoms. The van der Waals surface area contributed by atoms with E-state index in [1.165, 1.54) is 18.4 Å². The molecule has 1 aromatic heterocycles. The van der Waals surface area contributed by atoms with Crippen molar-refractivity contribution in [1.29, 1.82) is 0 Å². The maximum atomic E-state index is 11.7. The van der Waals surface area contributed by atoms with Crippen molar-refractivity contribution in [2.24, 2.45) is 5.73 Å². The summed E-state index contributed by atoms with van der Waals surface area (Å²) in [6.07, 6.45) is 0. The zero-order chi connectivity index (χ0) is 14.5. The third-order valence-corrected chi connectivity index (χ3v) is 3.95. The summed E-state index contributed by atoms with van der Waals surface area (Å²) >= 11 is 1.24. The van der Waals surface area contributed by atoms with E-state index in [0.717, 1.165) is 5.56 Å². The van der Waals surface area contributed by atoms with Gasteiger partial charge < -0.3 is 15.2 Å². The normalized spacial score (nSPS) is 12.2. The summed E-state index contributed by atoms with van der Waals surface area (Å²) in [5.41, 5.74) is 7.70. The highest BCUT2D eigenvalue weighted by atomic mass is 32.1. The second kappa shape index (κ2) is 6.60. The molecule has 1 heterocycles. The van der Waals surface area contributed by atoms with Crippen molar-refractivity contribution < 1.29 is 14.3 Å². The second-order valence-corrected chi connectivity index (χ2v) is 5.17. The molecule has 0 aliphatic carbocycles. The van der Waals surface area contributed by atoms with E-state index in [2.05, 4.69) is 4.98 Å². The number of benzene rings is 1. The zero-order valence-electron chi connectivity index (χ0n) is 11.3. The fraction of sp³-hybridized carbons (Fsp3) is 0.286. The Kier molecular flexibility index (Phi) is 4.84. The SMILES string of the molecule is COCc1nc(C(N)c2ccccc2)sc1C(=O)OC. The number of hydrogen-bond acceptors (Lipinski definition) is 6. The number of ether oxygens (including phenoxy) is 2. The van der Waals surface area contributed by atoms with Gasteiger partial charge in [-0.1, -0.05) is 30.3 Å². The van der Waals surface area contributed by atoms with E-state index in [9.17, 15) is 4.79 Å². The molecule has 1 aromatic carbocycles. The molecular formula is C14H16N2O3S. The molecule has 1 unspecified atom stereocenters. The van der Waals surface area contributed by atoms with Crippen molar-refractivity contribution in [1.82, 2.24) is 4.98 Å². The standard InChI is InChI=1S/C14H16N2O3S/c1-18-8-10-12(14(17)19-2)20-13(16-10)11(15)9-6-4-3-5-7-9/h3-7,11H,8,15H2,1-2H3. The number of thiazole rings is 1. The van der Waals surface area contributed by atoms with Crippen molar-refractivity contribution in [3.05, 3.63) is 51.5 Å². The lowest BCUT2D eigenvalue weighted by atomic mass is 10.1. The van der Waals surface area contributed by atoms with Gasteiger partial charge in [-0.3, -0.25) is 0 Å². The molecule has 0 amide bonds. The molecule has 1 atom stereocenters. The van der Waals surface area contributed by atoms with Crippen molar-refractivity contribution in [3.8, 4) is 0 Å². The molecule has 20 heavy (non-hydrogen) atoms. The van der Waals surface area contributed by atoms with E-state index in [4.69, 9.17) is 15.2 Å². The summed E-state index contributed by atoms with van der Waals surface area (Å²) < 4.78 is 9.81. The zero-order valence-corrected chi connectivity index (χ0v) is 12.1. The lowest BCUT2D eigenvalue weighted by Crippen LogP contribution is -2.11.